The highest BCUT2D eigenvalue weighted by molar-refractivity contribution is 5.95. The second-order valence-electron chi connectivity index (χ2n) is 6.55. The molecule has 3 aromatic rings. The monoisotopic (exact) mass is 378 g/mol. The van der Waals surface area contributed by atoms with E-state index in [0.29, 0.717) is 6.54 Å². The molecule has 0 radical (unpaired) electrons. The van der Waals surface area contributed by atoms with Crippen LogP contribution in [-0.2, 0) is 11.3 Å². The number of ether oxygens (including phenoxy) is 1. The van der Waals surface area contributed by atoms with Crippen LogP contribution in [0.3, 0.4) is 0 Å². The summed E-state index contributed by atoms with van der Waals surface area (Å²) in [6.07, 6.45) is 0. The molecule has 0 saturated carbocycles. The van der Waals surface area contributed by atoms with Gasteiger partial charge in [-0.1, -0.05) is 54.6 Å². The molecule has 5 heteroatoms. The smallest absolute Gasteiger partial charge is 0.246 e. The SMILES string of the molecule is COc1ccc(CN(C)[C@@H](C(=O)Nc2ccccc2)c2ccccc2)cc1F. The van der Waals surface area contributed by atoms with Crippen LogP contribution in [0, 0.1) is 5.82 Å². The zero-order valence-electron chi connectivity index (χ0n) is 15.9. The molecule has 0 heterocycles. The number of nitrogens with one attached hydrogen (secondary N) is 1. The van der Waals surface area contributed by atoms with Crippen molar-refractivity contribution in [3.05, 3.63) is 95.8 Å². The maximum absolute atomic E-state index is 14.0. The lowest BCUT2D eigenvalue weighted by molar-refractivity contribution is -0.121. The van der Waals surface area contributed by atoms with Gasteiger partial charge in [-0.2, -0.15) is 0 Å². The van der Waals surface area contributed by atoms with Crippen molar-refractivity contribution < 1.29 is 13.9 Å². The minimum atomic E-state index is -0.522. The summed E-state index contributed by atoms with van der Waals surface area (Å²) < 4.78 is 19.0. The summed E-state index contributed by atoms with van der Waals surface area (Å²) in [6.45, 7) is 0.405. The molecule has 0 aliphatic rings. The molecule has 0 spiro atoms. The molecule has 4 nitrogen and oxygen atoms in total. The molecule has 1 atom stereocenters. The van der Waals surface area contributed by atoms with E-state index in [1.807, 2.05) is 72.6 Å². The van der Waals surface area contributed by atoms with E-state index in [1.165, 1.54) is 13.2 Å². The number of carbonyl (C=O) groups excluding carboxylic acids is 1. The van der Waals surface area contributed by atoms with E-state index in [1.54, 1.807) is 12.1 Å². The molecule has 0 bridgehead atoms. The fourth-order valence-corrected chi connectivity index (χ4v) is 3.16. The summed E-state index contributed by atoms with van der Waals surface area (Å²) >= 11 is 0. The Kier molecular flexibility index (Phi) is 6.40. The van der Waals surface area contributed by atoms with Gasteiger partial charge < -0.3 is 10.1 Å². The van der Waals surface area contributed by atoms with Crippen molar-refractivity contribution in [2.45, 2.75) is 12.6 Å². The van der Waals surface area contributed by atoms with Crippen LogP contribution in [0.5, 0.6) is 5.75 Å². The highest BCUT2D eigenvalue weighted by Gasteiger charge is 2.25. The van der Waals surface area contributed by atoms with Gasteiger partial charge >= 0.3 is 0 Å². The van der Waals surface area contributed by atoms with Crippen molar-refractivity contribution in [3.63, 3.8) is 0 Å². The van der Waals surface area contributed by atoms with Crippen molar-refractivity contribution in [1.29, 1.82) is 0 Å². The number of amides is 1. The first-order chi connectivity index (χ1) is 13.6. The normalized spacial score (nSPS) is 11.9. The lowest BCUT2D eigenvalue weighted by Crippen LogP contribution is -2.34. The van der Waals surface area contributed by atoms with Gasteiger partial charge in [-0.25, -0.2) is 4.39 Å². The summed E-state index contributed by atoms with van der Waals surface area (Å²) in [7, 11) is 3.29. The number of hydrogen-bond acceptors (Lipinski definition) is 3. The average Bonchev–Trinajstić information content (AvgIpc) is 2.70. The predicted molar refractivity (Wildman–Crippen MR) is 109 cm³/mol. The van der Waals surface area contributed by atoms with Gasteiger partial charge in [0.05, 0.1) is 7.11 Å². The summed E-state index contributed by atoms with van der Waals surface area (Å²) in [4.78, 5) is 15.0. The Morgan fingerprint density at radius 1 is 1.04 bits per heavy atom. The summed E-state index contributed by atoms with van der Waals surface area (Å²) in [5.74, 6) is -0.361. The minimum Gasteiger partial charge on any atom is -0.494 e. The fourth-order valence-electron chi connectivity index (χ4n) is 3.16. The fraction of sp³-hybridized carbons (Fsp3) is 0.174. The molecule has 0 unspecified atom stereocenters. The Bertz CT molecular complexity index is 916. The molecule has 3 rings (SSSR count). The molecule has 0 fully saturated rings. The maximum Gasteiger partial charge on any atom is 0.246 e. The minimum absolute atomic E-state index is 0.145. The van der Waals surface area contributed by atoms with Gasteiger partial charge in [0.2, 0.25) is 5.91 Å². The van der Waals surface area contributed by atoms with E-state index >= 15 is 0 Å². The van der Waals surface area contributed by atoms with Gasteiger partial charge in [-0.15, -0.1) is 0 Å². The van der Waals surface area contributed by atoms with Crippen LogP contribution in [0.4, 0.5) is 10.1 Å². The second kappa shape index (κ2) is 9.15. The Hall–Kier alpha value is -3.18. The number of carbonyl (C=O) groups is 1. The first-order valence-electron chi connectivity index (χ1n) is 9.02. The van der Waals surface area contributed by atoms with E-state index in [9.17, 15) is 9.18 Å². The Morgan fingerprint density at radius 2 is 1.68 bits per heavy atom. The third-order valence-electron chi connectivity index (χ3n) is 4.49. The number of rotatable bonds is 7. The first kappa shape index (κ1) is 19.6. The number of anilines is 1. The molecule has 0 aliphatic heterocycles. The quantitative estimate of drug-likeness (QED) is 0.651. The number of para-hydroxylation sites is 1. The van der Waals surface area contributed by atoms with Crippen molar-refractivity contribution in [2.75, 3.05) is 19.5 Å². The van der Waals surface area contributed by atoms with Crippen LogP contribution in [0.15, 0.2) is 78.9 Å². The lowest BCUT2D eigenvalue weighted by atomic mass is 10.0. The van der Waals surface area contributed by atoms with E-state index in [2.05, 4.69) is 5.32 Å². The zero-order chi connectivity index (χ0) is 19.9. The Balaban J connectivity index is 1.84. The third kappa shape index (κ3) is 4.75. The van der Waals surface area contributed by atoms with Crippen molar-refractivity contribution in [3.8, 4) is 5.75 Å². The van der Waals surface area contributed by atoms with Gasteiger partial charge in [-0.3, -0.25) is 9.69 Å². The highest BCUT2D eigenvalue weighted by atomic mass is 19.1. The van der Waals surface area contributed by atoms with Crippen LogP contribution in [0.25, 0.3) is 0 Å². The number of halogens is 1. The van der Waals surface area contributed by atoms with Crippen LogP contribution >= 0.6 is 0 Å². The summed E-state index contributed by atoms with van der Waals surface area (Å²) in [5.41, 5.74) is 2.36. The molecule has 144 valence electrons. The lowest BCUT2D eigenvalue weighted by Gasteiger charge is -2.28. The maximum atomic E-state index is 14.0. The van der Waals surface area contributed by atoms with Gasteiger partial charge in [0.15, 0.2) is 11.6 Å². The highest BCUT2D eigenvalue weighted by Crippen LogP contribution is 2.25. The Morgan fingerprint density at radius 3 is 2.29 bits per heavy atom. The summed E-state index contributed by atoms with van der Waals surface area (Å²) in [5, 5.41) is 2.96. The molecule has 1 amide bonds. The third-order valence-corrected chi connectivity index (χ3v) is 4.49. The topological polar surface area (TPSA) is 41.6 Å². The predicted octanol–water partition coefficient (Wildman–Crippen LogP) is 4.65. The van der Waals surface area contributed by atoms with Crippen molar-refractivity contribution in [2.24, 2.45) is 0 Å². The van der Waals surface area contributed by atoms with E-state index in [-0.39, 0.29) is 11.7 Å². The standard InChI is InChI=1S/C23H23FN2O2/c1-26(16-17-13-14-21(28-2)20(24)15-17)22(18-9-5-3-6-10-18)23(27)25-19-11-7-4-8-12-19/h3-15,22H,16H2,1-2H3,(H,25,27)/t22-/m1/s1. The van der Waals surface area contributed by atoms with Crippen LogP contribution < -0.4 is 10.1 Å². The van der Waals surface area contributed by atoms with Crippen LogP contribution in [0.2, 0.25) is 0 Å². The number of likely N-dealkylation sites (N-methyl/N-ethyl adjacent to an activating group) is 1. The summed E-state index contributed by atoms with van der Waals surface area (Å²) in [6, 6.07) is 23.2. The first-order valence-corrected chi connectivity index (χ1v) is 9.02. The van der Waals surface area contributed by atoms with E-state index < -0.39 is 11.9 Å². The van der Waals surface area contributed by atoms with Gasteiger partial charge in [-0.05, 0) is 42.4 Å². The van der Waals surface area contributed by atoms with Crippen molar-refractivity contribution in [1.82, 2.24) is 4.90 Å². The number of benzene rings is 3. The molecule has 1 N–H and O–H groups in total. The van der Waals surface area contributed by atoms with Crippen LogP contribution in [-0.4, -0.2) is 25.0 Å². The molecule has 28 heavy (non-hydrogen) atoms. The molecule has 0 aromatic heterocycles. The molecule has 0 saturated heterocycles. The number of hydrogen-bond donors (Lipinski definition) is 1. The number of nitrogens with zero attached hydrogens (tertiary/aromatic N) is 1. The largest absolute Gasteiger partial charge is 0.494 e. The van der Waals surface area contributed by atoms with Crippen LogP contribution in [0.1, 0.15) is 17.2 Å². The molecular formula is C23H23FN2O2. The van der Waals surface area contributed by atoms with Crippen molar-refractivity contribution >= 4 is 11.6 Å². The van der Waals surface area contributed by atoms with Gasteiger partial charge in [0.25, 0.3) is 0 Å². The molecule has 0 aliphatic carbocycles. The Labute approximate surface area is 164 Å². The second-order valence-corrected chi connectivity index (χ2v) is 6.55. The number of methoxy groups -OCH3 is 1. The van der Waals surface area contributed by atoms with E-state index in [0.717, 1.165) is 16.8 Å². The van der Waals surface area contributed by atoms with Gasteiger partial charge in [0, 0.05) is 12.2 Å². The average molecular weight is 378 g/mol. The van der Waals surface area contributed by atoms with Gasteiger partial charge in [0.1, 0.15) is 6.04 Å². The molecular weight excluding hydrogens is 355 g/mol. The zero-order valence-corrected chi connectivity index (χ0v) is 15.9. The van der Waals surface area contributed by atoms with E-state index in [4.69, 9.17) is 4.74 Å². The molecule has 3 aromatic carbocycles.